The first-order chi connectivity index (χ1) is 12.9. The molecule has 2 aromatic rings. The van der Waals surface area contributed by atoms with E-state index in [1.807, 2.05) is 0 Å². The highest BCUT2D eigenvalue weighted by molar-refractivity contribution is 5.30. The molecule has 1 unspecified atom stereocenters. The summed E-state index contributed by atoms with van der Waals surface area (Å²) in [5, 5.41) is 6.87. The summed E-state index contributed by atoms with van der Waals surface area (Å²) in [6.07, 6.45) is -1.58. The minimum atomic E-state index is -4.37. The summed E-state index contributed by atoms with van der Waals surface area (Å²) in [5.41, 5.74) is 0.614. The van der Waals surface area contributed by atoms with E-state index < -0.39 is 12.2 Å². The van der Waals surface area contributed by atoms with E-state index >= 15 is 0 Å². The van der Waals surface area contributed by atoms with E-state index in [1.165, 1.54) is 6.07 Å². The van der Waals surface area contributed by atoms with Crippen LogP contribution in [0.4, 0.5) is 23.5 Å². The Bertz CT molecular complexity index is 790. The topological polar surface area (TPSA) is 46.0 Å². The van der Waals surface area contributed by atoms with E-state index in [2.05, 4.69) is 20.3 Å². The van der Waals surface area contributed by atoms with Crippen LogP contribution >= 0.6 is 0 Å². The zero-order valence-corrected chi connectivity index (χ0v) is 14.7. The molecule has 3 atom stereocenters. The van der Waals surface area contributed by atoms with Gasteiger partial charge in [0.2, 0.25) is 5.95 Å². The molecule has 0 saturated carbocycles. The van der Waals surface area contributed by atoms with Gasteiger partial charge in [-0.05, 0) is 37.8 Å². The molecular formula is C18H21F4N5. The van der Waals surface area contributed by atoms with Gasteiger partial charge in [0.05, 0.1) is 0 Å². The van der Waals surface area contributed by atoms with Crippen molar-refractivity contribution in [1.29, 1.82) is 0 Å². The van der Waals surface area contributed by atoms with Crippen molar-refractivity contribution in [3.05, 3.63) is 42.0 Å². The van der Waals surface area contributed by atoms with Gasteiger partial charge in [0.25, 0.3) is 0 Å². The summed E-state index contributed by atoms with van der Waals surface area (Å²) >= 11 is 0. The molecule has 0 spiro atoms. The monoisotopic (exact) mass is 383 g/mol. The molecule has 3 heterocycles. The number of anilines is 1. The largest absolute Gasteiger partial charge is 0.411 e. The summed E-state index contributed by atoms with van der Waals surface area (Å²) in [6.45, 7) is 1.91. The van der Waals surface area contributed by atoms with Crippen molar-refractivity contribution >= 4 is 5.95 Å². The van der Waals surface area contributed by atoms with E-state index in [4.69, 9.17) is 0 Å². The molecule has 1 aromatic carbocycles. The molecule has 0 radical (unpaired) electrons. The molecule has 146 valence electrons. The van der Waals surface area contributed by atoms with E-state index in [0.717, 1.165) is 30.4 Å². The number of nitrogens with zero attached hydrogens (tertiary/aromatic N) is 4. The molecule has 27 heavy (non-hydrogen) atoms. The normalized spacial score (nSPS) is 26.4. The Balaban J connectivity index is 1.48. The Morgan fingerprint density at radius 3 is 2.81 bits per heavy atom. The molecule has 0 bridgehead atoms. The van der Waals surface area contributed by atoms with Crippen molar-refractivity contribution in [2.75, 3.05) is 18.4 Å². The van der Waals surface area contributed by atoms with Gasteiger partial charge in [-0.2, -0.15) is 23.3 Å². The first-order valence-corrected chi connectivity index (χ1v) is 9.10. The third-order valence-electron chi connectivity index (χ3n) is 5.50. The van der Waals surface area contributed by atoms with Crippen molar-refractivity contribution in [2.24, 2.45) is 5.92 Å². The summed E-state index contributed by atoms with van der Waals surface area (Å²) in [5.74, 6) is -0.0405. The van der Waals surface area contributed by atoms with Crippen LogP contribution in [0, 0.1) is 11.7 Å². The second-order valence-electron chi connectivity index (χ2n) is 7.30. The molecule has 1 aromatic heterocycles. The van der Waals surface area contributed by atoms with Crippen molar-refractivity contribution in [2.45, 2.75) is 44.1 Å². The highest BCUT2D eigenvalue weighted by Crippen LogP contribution is 2.40. The number of fused-ring (bicyclic) bond motifs is 1. The van der Waals surface area contributed by atoms with E-state index in [-0.39, 0.29) is 30.1 Å². The lowest BCUT2D eigenvalue weighted by Gasteiger charge is -2.41. The average Bonchev–Trinajstić information content (AvgIpc) is 3.11. The molecular weight excluding hydrogens is 362 g/mol. The average molecular weight is 383 g/mol. The molecule has 4 rings (SSSR count). The second kappa shape index (κ2) is 7.10. The highest BCUT2D eigenvalue weighted by atomic mass is 19.4. The number of aromatic nitrogens is 3. The fraction of sp³-hybridized carbons (Fsp3) is 0.556. The lowest BCUT2D eigenvalue weighted by molar-refractivity contribution is -0.174. The molecule has 2 aliphatic heterocycles. The first-order valence-electron chi connectivity index (χ1n) is 9.10. The van der Waals surface area contributed by atoms with Gasteiger partial charge in [-0.3, -0.25) is 4.90 Å². The number of alkyl halides is 3. The number of piperidine rings is 1. The Morgan fingerprint density at radius 1 is 1.22 bits per heavy atom. The van der Waals surface area contributed by atoms with Gasteiger partial charge in [0.15, 0.2) is 6.04 Å². The lowest BCUT2D eigenvalue weighted by Crippen LogP contribution is -2.47. The Hall–Kier alpha value is -2.16. The van der Waals surface area contributed by atoms with Crippen molar-refractivity contribution in [3.63, 3.8) is 0 Å². The van der Waals surface area contributed by atoms with Gasteiger partial charge in [0.1, 0.15) is 12.1 Å². The number of rotatable bonds is 3. The van der Waals surface area contributed by atoms with Crippen LogP contribution in [-0.2, 0) is 6.54 Å². The lowest BCUT2D eigenvalue weighted by atomic mass is 9.86. The summed E-state index contributed by atoms with van der Waals surface area (Å²) in [6, 6.07) is 4.63. The maximum absolute atomic E-state index is 13.9. The van der Waals surface area contributed by atoms with Gasteiger partial charge in [0, 0.05) is 24.7 Å². The first kappa shape index (κ1) is 18.2. The van der Waals surface area contributed by atoms with Crippen LogP contribution in [0.1, 0.15) is 30.9 Å². The Morgan fingerprint density at radius 2 is 2.04 bits per heavy atom. The van der Waals surface area contributed by atoms with Crippen molar-refractivity contribution < 1.29 is 17.6 Å². The minimum Gasteiger partial charge on any atom is -0.351 e. The summed E-state index contributed by atoms with van der Waals surface area (Å²) in [7, 11) is 0. The Labute approximate surface area is 154 Å². The fourth-order valence-corrected chi connectivity index (χ4v) is 4.16. The Kier molecular flexibility index (Phi) is 4.79. The standard InChI is InChI=1S/C18H21F4N5/c19-14-6-2-1-4-12(14)9-26-7-3-5-13(10-26)15-8-16(18(20,21)22)27-17(25-15)23-11-24-27/h1-2,4,6,11,13,15-16H,3,5,7-10H2,(H,23,24,25)/t13?,15-,16+/m0/s1. The smallest absolute Gasteiger partial charge is 0.351 e. The van der Waals surface area contributed by atoms with Crippen LogP contribution in [0.3, 0.4) is 0 Å². The van der Waals surface area contributed by atoms with Crippen LogP contribution in [-0.4, -0.2) is 45.0 Å². The predicted molar refractivity (Wildman–Crippen MR) is 91.5 cm³/mol. The number of nitrogens with one attached hydrogen (secondary N) is 1. The number of hydrogen-bond acceptors (Lipinski definition) is 4. The molecule has 0 aliphatic carbocycles. The zero-order valence-electron chi connectivity index (χ0n) is 14.7. The molecule has 1 fully saturated rings. The third kappa shape index (κ3) is 3.78. The van der Waals surface area contributed by atoms with Crippen LogP contribution in [0.2, 0.25) is 0 Å². The molecule has 1 saturated heterocycles. The van der Waals surface area contributed by atoms with Crippen molar-refractivity contribution in [1.82, 2.24) is 19.7 Å². The van der Waals surface area contributed by atoms with Crippen LogP contribution in [0.15, 0.2) is 30.6 Å². The number of halogens is 4. The molecule has 9 heteroatoms. The van der Waals surface area contributed by atoms with Crippen LogP contribution < -0.4 is 5.32 Å². The number of likely N-dealkylation sites (tertiary alicyclic amines) is 1. The highest BCUT2D eigenvalue weighted by Gasteiger charge is 2.48. The van der Waals surface area contributed by atoms with Gasteiger partial charge in [-0.15, -0.1) is 0 Å². The number of benzene rings is 1. The SMILES string of the molecule is Fc1ccccc1CN1CCCC([C@@H]2C[C@H](C(F)(F)F)n3ncnc3N2)C1. The van der Waals surface area contributed by atoms with Crippen LogP contribution in [0.25, 0.3) is 0 Å². The van der Waals surface area contributed by atoms with E-state index in [0.29, 0.717) is 18.7 Å². The summed E-state index contributed by atoms with van der Waals surface area (Å²) in [4.78, 5) is 6.06. The maximum Gasteiger partial charge on any atom is 0.411 e. The fourth-order valence-electron chi connectivity index (χ4n) is 4.16. The van der Waals surface area contributed by atoms with Crippen LogP contribution in [0.5, 0.6) is 0 Å². The maximum atomic E-state index is 13.9. The van der Waals surface area contributed by atoms with E-state index in [1.54, 1.807) is 18.2 Å². The quantitative estimate of drug-likeness (QED) is 0.823. The molecule has 2 aliphatic rings. The van der Waals surface area contributed by atoms with Gasteiger partial charge < -0.3 is 5.32 Å². The molecule has 0 amide bonds. The van der Waals surface area contributed by atoms with Crippen molar-refractivity contribution in [3.8, 4) is 0 Å². The van der Waals surface area contributed by atoms with Gasteiger partial charge in [-0.1, -0.05) is 18.2 Å². The summed E-state index contributed by atoms with van der Waals surface area (Å²) < 4.78 is 55.3. The zero-order chi connectivity index (χ0) is 19.0. The number of hydrogen-bond donors (Lipinski definition) is 1. The van der Waals surface area contributed by atoms with E-state index in [9.17, 15) is 17.6 Å². The third-order valence-corrected chi connectivity index (χ3v) is 5.50. The minimum absolute atomic E-state index is 0.0424. The second-order valence-corrected chi connectivity index (χ2v) is 7.30. The van der Waals surface area contributed by atoms with Gasteiger partial charge >= 0.3 is 6.18 Å². The molecule has 1 N–H and O–H groups in total. The predicted octanol–water partition coefficient (Wildman–Crippen LogP) is 3.62. The molecule has 5 nitrogen and oxygen atoms in total. The van der Waals surface area contributed by atoms with Gasteiger partial charge in [-0.25, -0.2) is 9.07 Å².